The third-order valence-corrected chi connectivity index (χ3v) is 3.76. The lowest BCUT2D eigenvalue weighted by Crippen LogP contribution is -2.24. The molecule has 102 valence electrons. The molecule has 0 fully saturated rings. The number of para-hydroxylation sites is 1. The maximum absolute atomic E-state index is 8.69. The van der Waals surface area contributed by atoms with Gasteiger partial charge in [0.2, 0.25) is 0 Å². The van der Waals surface area contributed by atoms with E-state index in [0.717, 1.165) is 17.7 Å². The van der Waals surface area contributed by atoms with Crippen LogP contribution in [-0.4, -0.2) is 17.1 Å². The number of amidine groups is 1. The van der Waals surface area contributed by atoms with Crippen LogP contribution in [-0.2, 0) is 6.42 Å². The first-order valence-electron chi connectivity index (χ1n) is 6.66. The average Bonchev–Trinajstić information content (AvgIpc) is 2.82. The number of hydrogen-bond donors (Lipinski definition) is 2. The second kappa shape index (κ2) is 4.89. The normalized spacial score (nSPS) is 18.1. The Bertz CT molecular complexity index is 649. The second-order valence-electron chi connectivity index (χ2n) is 5.08. The lowest BCUT2D eigenvalue weighted by Gasteiger charge is -2.25. The summed E-state index contributed by atoms with van der Waals surface area (Å²) in [7, 11) is 0. The summed E-state index contributed by atoms with van der Waals surface area (Å²) < 4.78 is 0. The van der Waals surface area contributed by atoms with Crippen LogP contribution in [0.2, 0.25) is 0 Å². The molecule has 1 atom stereocenters. The Morgan fingerprint density at radius 2 is 1.90 bits per heavy atom. The molecule has 20 heavy (non-hydrogen) atoms. The average molecular weight is 267 g/mol. The van der Waals surface area contributed by atoms with Gasteiger partial charge in [0.15, 0.2) is 5.84 Å². The van der Waals surface area contributed by atoms with Gasteiger partial charge in [-0.05, 0) is 49.2 Å². The number of oxime groups is 1. The van der Waals surface area contributed by atoms with Crippen molar-refractivity contribution >= 4 is 17.2 Å². The quantitative estimate of drug-likeness (QED) is 0.380. The third kappa shape index (κ3) is 1.99. The van der Waals surface area contributed by atoms with Gasteiger partial charge in [-0.15, -0.1) is 0 Å². The van der Waals surface area contributed by atoms with Gasteiger partial charge in [0, 0.05) is 23.0 Å². The monoisotopic (exact) mass is 267 g/mol. The lowest BCUT2D eigenvalue weighted by molar-refractivity contribution is 0.318. The summed E-state index contributed by atoms with van der Waals surface area (Å²) in [4.78, 5) is 2.32. The molecular weight excluding hydrogens is 250 g/mol. The minimum Gasteiger partial charge on any atom is -0.409 e. The van der Waals surface area contributed by atoms with Crippen LogP contribution in [0.15, 0.2) is 53.7 Å². The van der Waals surface area contributed by atoms with Crippen LogP contribution in [0.1, 0.15) is 18.1 Å². The van der Waals surface area contributed by atoms with Crippen molar-refractivity contribution < 1.29 is 5.21 Å². The molecule has 2 aromatic rings. The van der Waals surface area contributed by atoms with Crippen LogP contribution in [0, 0.1) is 0 Å². The van der Waals surface area contributed by atoms with E-state index in [1.54, 1.807) is 0 Å². The molecule has 0 aromatic heterocycles. The molecule has 4 nitrogen and oxygen atoms in total. The predicted molar refractivity (Wildman–Crippen MR) is 80.7 cm³/mol. The van der Waals surface area contributed by atoms with Gasteiger partial charge in [0.25, 0.3) is 0 Å². The van der Waals surface area contributed by atoms with Crippen molar-refractivity contribution in [3.8, 4) is 0 Å². The van der Waals surface area contributed by atoms with E-state index in [9.17, 15) is 0 Å². The van der Waals surface area contributed by atoms with Gasteiger partial charge in [0.05, 0.1) is 0 Å². The first kappa shape index (κ1) is 12.5. The van der Waals surface area contributed by atoms with Crippen LogP contribution >= 0.6 is 0 Å². The highest BCUT2D eigenvalue weighted by Gasteiger charge is 2.26. The molecule has 0 saturated heterocycles. The molecule has 3 N–H and O–H groups in total. The highest BCUT2D eigenvalue weighted by molar-refractivity contribution is 5.97. The third-order valence-electron chi connectivity index (χ3n) is 3.76. The molecule has 2 aromatic carbocycles. The van der Waals surface area contributed by atoms with Crippen LogP contribution in [0.4, 0.5) is 11.4 Å². The fraction of sp³-hybridized carbons (Fsp3) is 0.188. The number of nitrogens with two attached hydrogens (primary N) is 1. The molecule has 0 amide bonds. The van der Waals surface area contributed by atoms with Gasteiger partial charge < -0.3 is 15.8 Å². The molecule has 1 aliphatic heterocycles. The lowest BCUT2D eigenvalue weighted by atomic mass is 10.1. The summed E-state index contributed by atoms with van der Waals surface area (Å²) >= 11 is 0. The SMILES string of the molecule is CC1Cc2ccccc2N1c1ccc(/C(N)=N/O)cc1. The van der Waals surface area contributed by atoms with Crippen molar-refractivity contribution in [3.05, 3.63) is 59.7 Å². The Morgan fingerprint density at radius 3 is 2.60 bits per heavy atom. The molecular formula is C16H17N3O. The molecule has 0 radical (unpaired) electrons. The van der Waals surface area contributed by atoms with E-state index >= 15 is 0 Å². The van der Waals surface area contributed by atoms with Crippen molar-refractivity contribution in [1.29, 1.82) is 0 Å². The van der Waals surface area contributed by atoms with Crippen LogP contribution in [0.5, 0.6) is 0 Å². The summed E-state index contributed by atoms with van der Waals surface area (Å²) in [6, 6.07) is 16.7. The van der Waals surface area contributed by atoms with Crippen molar-refractivity contribution in [3.63, 3.8) is 0 Å². The zero-order valence-electron chi connectivity index (χ0n) is 11.3. The number of hydrogen-bond acceptors (Lipinski definition) is 3. The van der Waals surface area contributed by atoms with Gasteiger partial charge in [-0.3, -0.25) is 0 Å². The van der Waals surface area contributed by atoms with Crippen LogP contribution < -0.4 is 10.6 Å². The van der Waals surface area contributed by atoms with Crippen molar-refractivity contribution in [2.45, 2.75) is 19.4 Å². The molecule has 1 heterocycles. The van der Waals surface area contributed by atoms with E-state index in [2.05, 4.69) is 41.2 Å². The Labute approximate surface area is 118 Å². The summed E-state index contributed by atoms with van der Waals surface area (Å²) in [5.41, 5.74) is 10.1. The molecule has 3 rings (SSSR count). The predicted octanol–water partition coefficient (Wildman–Crippen LogP) is 2.86. The second-order valence-corrected chi connectivity index (χ2v) is 5.08. The van der Waals surface area contributed by atoms with Crippen molar-refractivity contribution in [1.82, 2.24) is 0 Å². The number of fused-ring (bicyclic) bond motifs is 1. The maximum Gasteiger partial charge on any atom is 0.170 e. The Hall–Kier alpha value is -2.49. The number of anilines is 2. The van der Waals surface area contributed by atoms with E-state index in [1.165, 1.54) is 11.3 Å². The van der Waals surface area contributed by atoms with Crippen molar-refractivity contribution in [2.75, 3.05) is 4.90 Å². The van der Waals surface area contributed by atoms with E-state index < -0.39 is 0 Å². The Kier molecular flexibility index (Phi) is 3.06. The largest absolute Gasteiger partial charge is 0.409 e. The summed E-state index contributed by atoms with van der Waals surface area (Å²) in [5, 5.41) is 11.7. The van der Waals surface area contributed by atoms with E-state index in [4.69, 9.17) is 10.9 Å². The minimum atomic E-state index is 0.131. The zero-order valence-corrected chi connectivity index (χ0v) is 11.3. The molecule has 4 heteroatoms. The summed E-state index contributed by atoms with van der Waals surface area (Å²) in [6.45, 7) is 2.22. The molecule has 1 unspecified atom stereocenters. The first-order valence-corrected chi connectivity index (χ1v) is 6.66. The minimum absolute atomic E-state index is 0.131. The molecule has 0 spiro atoms. The first-order chi connectivity index (χ1) is 9.70. The summed E-state index contributed by atoms with van der Waals surface area (Å²) in [6.07, 6.45) is 1.05. The van der Waals surface area contributed by atoms with Gasteiger partial charge >= 0.3 is 0 Å². The van der Waals surface area contributed by atoms with E-state index in [-0.39, 0.29) is 5.84 Å². The standard InChI is InChI=1S/C16H17N3O/c1-11-10-13-4-2-3-5-15(13)19(11)14-8-6-12(7-9-14)16(17)18-20/h2-9,11,20H,10H2,1H3,(H2,17,18). The highest BCUT2D eigenvalue weighted by atomic mass is 16.4. The number of rotatable bonds is 2. The van der Waals surface area contributed by atoms with E-state index in [0.29, 0.717) is 6.04 Å². The topological polar surface area (TPSA) is 61.8 Å². The number of benzene rings is 2. The van der Waals surface area contributed by atoms with Crippen LogP contribution in [0.25, 0.3) is 0 Å². The zero-order chi connectivity index (χ0) is 14.1. The van der Waals surface area contributed by atoms with E-state index in [1.807, 2.05) is 24.3 Å². The van der Waals surface area contributed by atoms with Gasteiger partial charge in [0.1, 0.15) is 0 Å². The summed E-state index contributed by atoms with van der Waals surface area (Å²) in [5.74, 6) is 0.131. The Balaban J connectivity index is 1.97. The fourth-order valence-corrected chi connectivity index (χ4v) is 2.81. The maximum atomic E-state index is 8.69. The van der Waals surface area contributed by atoms with Gasteiger partial charge in [-0.2, -0.15) is 0 Å². The van der Waals surface area contributed by atoms with Gasteiger partial charge in [-0.1, -0.05) is 23.4 Å². The Morgan fingerprint density at radius 1 is 1.20 bits per heavy atom. The fourth-order valence-electron chi connectivity index (χ4n) is 2.81. The molecule has 1 aliphatic rings. The molecule has 0 bridgehead atoms. The molecule has 0 saturated carbocycles. The van der Waals surface area contributed by atoms with Crippen LogP contribution in [0.3, 0.4) is 0 Å². The molecule has 0 aliphatic carbocycles. The highest BCUT2D eigenvalue weighted by Crippen LogP contribution is 2.37. The number of nitrogens with zero attached hydrogens (tertiary/aromatic N) is 2. The van der Waals surface area contributed by atoms with Crippen molar-refractivity contribution in [2.24, 2.45) is 10.9 Å². The smallest absolute Gasteiger partial charge is 0.170 e. The van der Waals surface area contributed by atoms with Gasteiger partial charge in [-0.25, -0.2) is 0 Å².